The Morgan fingerprint density at radius 3 is 2.50 bits per heavy atom. The molecule has 0 aliphatic carbocycles. The highest BCUT2D eigenvalue weighted by Gasteiger charge is 1.95. The van der Waals surface area contributed by atoms with E-state index in [-0.39, 0.29) is 6.61 Å². The molecule has 5 N–H and O–H groups in total. The molecule has 3 nitrogen and oxygen atoms in total. The molecule has 0 aliphatic heterocycles. The van der Waals surface area contributed by atoms with Crippen molar-refractivity contribution in [3.63, 3.8) is 0 Å². The van der Waals surface area contributed by atoms with E-state index in [4.69, 9.17) is 16.6 Å². The van der Waals surface area contributed by atoms with Gasteiger partial charge >= 0.3 is 0 Å². The SMILES string of the molecule is Nc1ccc(CO)c(N)c1. The highest BCUT2D eigenvalue weighted by Crippen LogP contribution is 2.14. The maximum Gasteiger partial charge on any atom is 0.0701 e. The van der Waals surface area contributed by atoms with Crippen LogP contribution in [0.15, 0.2) is 18.2 Å². The molecule has 1 aromatic carbocycles. The van der Waals surface area contributed by atoms with Crippen LogP contribution in [0.3, 0.4) is 0 Å². The molecule has 3 heteroatoms. The van der Waals surface area contributed by atoms with Gasteiger partial charge in [-0.25, -0.2) is 0 Å². The second-order valence-electron chi connectivity index (χ2n) is 2.12. The average Bonchev–Trinajstić information content (AvgIpc) is 1.88. The van der Waals surface area contributed by atoms with Crippen LogP contribution in [-0.2, 0) is 6.61 Å². The average molecular weight is 138 g/mol. The predicted molar refractivity (Wildman–Crippen MR) is 41.2 cm³/mol. The molecule has 54 valence electrons. The zero-order valence-corrected chi connectivity index (χ0v) is 5.54. The first-order valence-electron chi connectivity index (χ1n) is 2.99. The van der Waals surface area contributed by atoms with Crippen LogP contribution in [0.25, 0.3) is 0 Å². The Balaban J connectivity index is 3.07. The number of nitrogen functional groups attached to an aromatic ring is 2. The van der Waals surface area contributed by atoms with Gasteiger partial charge in [0.2, 0.25) is 0 Å². The van der Waals surface area contributed by atoms with E-state index >= 15 is 0 Å². The lowest BCUT2D eigenvalue weighted by atomic mass is 10.2. The second kappa shape index (κ2) is 2.58. The van der Waals surface area contributed by atoms with Gasteiger partial charge in [-0.2, -0.15) is 0 Å². The van der Waals surface area contributed by atoms with E-state index < -0.39 is 0 Å². The third-order valence-electron chi connectivity index (χ3n) is 1.34. The molecule has 0 unspecified atom stereocenters. The fraction of sp³-hybridized carbons (Fsp3) is 0.143. The van der Waals surface area contributed by atoms with Crippen molar-refractivity contribution in [2.75, 3.05) is 11.5 Å². The molecular formula is C7H10N2O. The van der Waals surface area contributed by atoms with Crippen molar-refractivity contribution in [2.24, 2.45) is 0 Å². The van der Waals surface area contributed by atoms with Gasteiger partial charge in [-0.15, -0.1) is 0 Å². The highest BCUT2D eigenvalue weighted by molar-refractivity contribution is 5.56. The summed E-state index contributed by atoms with van der Waals surface area (Å²) in [6.45, 7) is -0.0356. The van der Waals surface area contributed by atoms with E-state index in [2.05, 4.69) is 0 Å². The number of aliphatic hydroxyl groups is 1. The topological polar surface area (TPSA) is 72.3 Å². The smallest absolute Gasteiger partial charge is 0.0701 e. The molecule has 0 spiro atoms. The second-order valence-corrected chi connectivity index (χ2v) is 2.12. The van der Waals surface area contributed by atoms with Gasteiger partial charge in [0.1, 0.15) is 0 Å². The molecule has 0 aliphatic rings. The van der Waals surface area contributed by atoms with Gasteiger partial charge in [0, 0.05) is 16.9 Å². The van der Waals surface area contributed by atoms with Gasteiger partial charge in [-0.1, -0.05) is 6.07 Å². The van der Waals surface area contributed by atoms with Crippen molar-refractivity contribution >= 4 is 11.4 Å². The van der Waals surface area contributed by atoms with Crippen LogP contribution in [0.5, 0.6) is 0 Å². The van der Waals surface area contributed by atoms with E-state index in [0.29, 0.717) is 16.9 Å². The number of nitrogens with two attached hydrogens (primary N) is 2. The summed E-state index contributed by atoms with van der Waals surface area (Å²) >= 11 is 0. The number of hydrogen-bond donors (Lipinski definition) is 3. The zero-order valence-electron chi connectivity index (χ0n) is 5.54. The van der Waals surface area contributed by atoms with Crippen LogP contribution >= 0.6 is 0 Å². The van der Waals surface area contributed by atoms with E-state index in [1.807, 2.05) is 0 Å². The van der Waals surface area contributed by atoms with Gasteiger partial charge in [-0.05, 0) is 12.1 Å². The minimum Gasteiger partial charge on any atom is -0.399 e. The summed E-state index contributed by atoms with van der Waals surface area (Å²) in [4.78, 5) is 0. The molecule has 0 saturated carbocycles. The Morgan fingerprint density at radius 1 is 1.30 bits per heavy atom. The van der Waals surface area contributed by atoms with Crippen LogP contribution in [0, 0.1) is 0 Å². The van der Waals surface area contributed by atoms with Crippen LogP contribution in [0.4, 0.5) is 11.4 Å². The maximum absolute atomic E-state index is 8.69. The van der Waals surface area contributed by atoms with E-state index in [0.717, 1.165) is 0 Å². The fourth-order valence-corrected chi connectivity index (χ4v) is 0.757. The van der Waals surface area contributed by atoms with Crippen LogP contribution in [0.2, 0.25) is 0 Å². The summed E-state index contributed by atoms with van der Waals surface area (Å²) in [7, 11) is 0. The Morgan fingerprint density at radius 2 is 2.00 bits per heavy atom. The molecule has 0 bridgehead atoms. The fourth-order valence-electron chi connectivity index (χ4n) is 0.757. The number of hydrogen-bond acceptors (Lipinski definition) is 3. The van der Waals surface area contributed by atoms with Gasteiger partial charge in [0.05, 0.1) is 6.61 Å². The summed E-state index contributed by atoms with van der Waals surface area (Å²) in [6, 6.07) is 5.05. The first-order valence-corrected chi connectivity index (χ1v) is 2.99. The Bertz CT molecular complexity index is 235. The standard InChI is InChI=1S/C7H10N2O/c8-6-2-1-5(4-10)7(9)3-6/h1-3,10H,4,8-9H2. The third-order valence-corrected chi connectivity index (χ3v) is 1.34. The van der Waals surface area contributed by atoms with E-state index in [1.165, 1.54) is 0 Å². The molecule has 0 radical (unpaired) electrons. The van der Waals surface area contributed by atoms with Crippen molar-refractivity contribution in [3.8, 4) is 0 Å². The van der Waals surface area contributed by atoms with Crippen LogP contribution in [0.1, 0.15) is 5.56 Å². The summed E-state index contributed by atoms with van der Waals surface area (Å²) < 4.78 is 0. The lowest BCUT2D eigenvalue weighted by Crippen LogP contribution is -1.95. The molecular weight excluding hydrogens is 128 g/mol. The largest absolute Gasteiger partial charge is 0.399 e. The first-order chi connectivity index (χ1) is 4.74. The molecule has 0 amide bonds. The van der Waals surface area contributed by atoms with Crippen molar-refractivity contribution < 1.29 is 5.11 Å². The third kappa shape index (κ3) is 1.19. The number of rotatable bonds is 1. The van der Waals surface area contributed by atoms with Crippen molar-refractivity contribution in [2.45, 2.75) is 6.61 Å². The first kappa shape index (κ1) is 6.89. The lowest BCUT2D eigenvalue weighted by molar-refractivity contribution is 0.282. The van der Waals surface area contributed by atoms with Gasteiger partial charge in [-0.3, -0.25) is 0 Å². The van der Waals surface area contributed by atoms with E-state index in [1.54, 1.807) is 18.2 Å². The molecule has 10 heavy (non-hydrogen) atoms. The normalized spacial score (nSPS) is 9.70. The minimum absolute atomic E-state index is 0.0356. The van der Waals surface area contributed by atoms with Crippen LogP contribution in [-0.4, -0.2) is 5.11 Å². The molecule has 0 atom stereocenters. The number of anilines is 2. The summed E-state index contributed by atoms with van der Waals surface area (Å²) in [5, 5.41) is 8.69. The van der Waals surface area contributed by atoms with Gasteiger partial charge in [0.15, 0.2) is 0 Å². The Labute approximate surface area is 59.3 Å². The van der Waals surface area contributed by atoms with E-state index in [9.17, 15) is 0 Å². The zero-order chi connectivity index (χ0) is 7.56. The molecule has 0 fully saturated rings. The Hall–Kier alpha value is -1.22. The van der Waals surface area contributed by atoms with Crippen molar-refractivity contribution in [3.05, 3.63) is 23.8 Å². The number of benzene rings is 1. The predicted octanol–water partition coefficient (Wildman–Crippen LogP) is 0.343. The van der Waals surface area contributed by atoms with Crippen molar-refractivity contribution in [1.82, 2.24) is 0 Å². The quantitative estimate of drug-likeness (QED) is 0.490. The number of aliphatic hydroxyl groups excluding tert-OH is 1. The highest BCUT2D eigenvalue weighted by atomic mass is 16.3. The monoisotopic (exact) mass is 138 g/mol. The van der Waals surface area contributed by atoms with Crippen LogP contribution < -0.4 is 11.5 Å². The van der Waals surface area contributed by atoms with Gasteiger partial charge < -0.3 is 16.6 Å². The molecule has 0 aromatic heterocycles. The summed E-state index contributed by atoms with van der Waals surface area (Å²) in [5.41, 5.74) is 12.8. The lowest BCUT2D eigenvalue weighted by Gasteiger charge is -2.01. The van der Waals surface area contributed by atoms with Crippen molar-refractivity contribution in [1.29, 1.82) is 0 Å². The molecule has 0 saturated heterocycles. The maximum atomic E-state index is 8.69. The minimum atomic E-state index is -0.0356. The summed E-state index contributed by atoms with van der Waals surface area (Å²) in [5.74, 6) is 0. The molecule has 1 rings (SSSR count). The molecule has 0 heterocycles. The Kier molecular flexibility index (Phi) is 1.78. The molecule has 1 aromatic rings. The van der Waals surface area contributed by atoms with Gasteiger partial charge in [0.25, 0.3) is 0 Å². The summed E-state index contributed by atoms with van der Waals surface area (Å²) in [6.07, 6.45) is 0.